The molecule has 0 unspecified atom stereocenters. The molecular weight excluding hydrogens is 282 g/mol. The van der Waals surface area contributed by atoms with Crippen LogP contribution >= 0.6 is 0 Å². The Bertz CT molecular complexity index is 665. The van der Waals surface area contributed by atoms with Crippen LogP contribution in [0.15, 0.2) is 54.6 Å². The van der Waals surface area contributed by atoms with Crippen molar-refractivity contribution in [3.63, 3.8) is 0 Å². The van der Waals surface area contributed by atoms with Gasteiger partial charge in [0.1, 0.15) is 0 Å². The molecule has 1 aliphatic rings. The summed E-state index contributed by atoms with van der Waals surface area (Å²) in [6.45, 7) is 5.14. The quantitative estimate of drug-likeness (QED) is 0.795. The van der Waals surface area contributed by atoms with E-state index in [-0.39, 0.29) is 5.91 Å². The Balaban J connectivity index is 1.86. The summed E-state index contributed by atoms with van der Waals surface area (Å²) in [6, 6.07) is 18.9. The lowest BCUT2D eigenvalue weighted by atomic mass is 9.87. The summed E-state index contributed by atoms with van der Waals surface area (Å²) in [5.74, 6) is 0.609. The Morgan fingerprint density at radius 3 is 2.65 bits per heavy atom. The van der Waals surface area contributed by atoms with Crippen molar-refractivity contribution in [2.75, 3.05) is 6.54 Å². The van der Waals surface area contributed by atoms with Gasteiger partial charge in [0.15, 0.2) is 0 Å². The van der Waals surface area contributed by atoms with Crippen LogP contribution in [0.2, 0.25) is 0 Å². The molecule has 2 aromatic carbocycles. The van der Waals surface area contributed by atoms with Crippen LogP contribution in [0.25, 0.3) is 0 Å². The molecule has 3 rings (SSSR count). The summed E-state index contributed by atoms with van der Waals surface area (Å²) < 4.78 is 0. The van der Waals surface area contributed by atoms with Crippen LogP contribution < -0.4 is 0 Å². The number of benzene rings is 2. The normalized spacial score (nSPS) is 18.9. The second-order valence-corrected chi connectivity index (χ2v) is 6.50. The molecule has 2 heteroatoms. The maximum atomic E-state index is 13.0. The summed E-state index contributed by atoms with van der Waals surface area (Å²) in [6.07, 6.45) is 3.27. The Kier molecular flexibility index (Phi) is 4.80. The van der Waals surface area contributed by atoms with Crippen LogP contribution in [-0.4, -0.2) is 23.4 Å². The van der Waals surface area contributed by atoms with Gasteiger partial charge in [-0.3, -0.25) is 4.79 Å². The Morgan fingerprint density at radius 2 is 1.96 bits per heavy atom. The van der Waals surface area contributed by atoms with Crippen molar-refractivity contribution in [1.29, 1.82) is 0 Å². The van der Waals surface area contributed by atoms with Gasteiger partial charge in [-0.1, -0.05) is 55.0 Å². The van der Waals surface area contributed by atoms with E-state index in [4.69, 9.17) is 0 Å². The van der Waals surface area contributed by atoms with E-state index in [2.05, 4.69) is 42.2 Å². The number of amides is 1. The zero-order valence-electron chi connectivity index (χ0n) is 14.0. The van der Waals surface area contributed by atoms with Gasteiger partial charge in [-0.05, 0) is 43.9 Å². The fourth-order valence-corrected chi connectivity index (χ4v) is 3.84. The third-order valence-corrected chi connectivity index (χ3v) is 4.96. The van der Waals surface area contributed by atoms with Crippen molar-refractivity contribution in [3.05, 3.63) is 71.3 Å². The lowest BCUT2D eigenvalue weighted by molar-refractivity contribution is 0.0714. The molecule has 0 radical (unpaired) electrons. The van der Waals surface area contributed by atoms with Gasteiger partial charge in [0, 0.05) is 24.1 Å². The summed E-state index contributed by atoms with van der Waals surface area (Å²) in [5.41, 5.74) is 3.31. The van der Waals surface area contributed by atoms with Gasteiger partial charge in [-0.25, -0.2) is 0 Å². The molecule has 2 atom stereocenters. The molecule has 0 N–H and O–H groups in total. The molecule has 1 aliphatic heterocycles. The highest BCUT2D eigenvalue weighted by Crippen LogP contribution is 2.34. The first-order valence-electron chi connectivity index (χ1n) is 8.63. The second kappa shape index (κ2) is 6.99. The van der Waals surface area contributed by atoms with Gasteiger partial charge in [-0.2, -0.15) is 0 Å². The highest BCUT2D eigenvalue weighted by Gasteiger charge is 2.34. The minimum atomic E-state index is 0.186. The van der Waals surface area contributed by atoms with Crippen molar-refractivity contribution in [3.8, 4) is 0 Å². The number of nitrogens with zero attached hydrogens (tertiary/aromatic N) is 1. The molecule has 0 bridgehead atoms. The first-order chi connectivity index (χ1) is 11.2. The molecule has 1 heterocycles. The molecule has 0 aromatic heterocycles. The van der Waals surface area contributed by atoms with E-state index in [9.17, 15) is 4.79 Å². The highest BCUT2D eigenvalue weighted by atomic mass is 16.2. The van der Waals surface area contributed by atoms with Crippen LogP contribution in [0.3, 0.4) is 0 Å². The van der Waals surface area contributed by atoms with Crippen molar-refractivity contribution >= 4 is 5.91 Å². The Labute approximate surface area is 139 Å². The zero-order chi connectivity index (χ0) is 16.2. The maximum absolute atomic E-state index is 13.0. The van der Waals surface area contributed by atoms with E-state index in [1.54, 1.807) is 0 Å². The monoisotopic (exact) mass is 307 g/mol. The first kappa shape index (κ1) is 15.8. The average Bonchev–Trinajstić information content (AvgIpc) is 3.05. The number of hydrogen-bond acceptors (Lipinski definition) is 1. The summed E-state index contributed by atoms with van der Waals surface area (Å²) in [5, 5.41) is 0. The van der Waals surface area contributed by atoms with Crippen LogP contribution in [0, 0.1) is 6.92 Å². The van der Waals surface area contributed by atoms with Crippen LogP contribution in [0.4, 0.5) is 0 Å². The fourth-order valence-electron chi connectivity index (χ4n) is 3.84. The first-order valence-corrected chi connectivity index (χ1v) is 8.63. The fraction of sp³-hybridized carbons (Fsp3) is 0.381. The lowest BCUT2D eigenvalue weighted by Gasteiger charge is -2.32. The third-order valence-electron chi connectivity index (χ3n) is 4.96. The van der Waals surface area contributed by atoms with Gasteiger partial charge in [-0.15, -0.1) is 0 Å². The minimum absolute atomic E-state index is 0.186. The number of likely N-dealkylation sites (tertiary alicyclic amines) is 1. The topological polar surface area (TPSA) is 20.3 Å². The molecule has 2 aromatic rings. The number of rotatable bonds is 4. The lowest BCUT2D eigenvalue weighted by Crippen LogP contribution is -2.39. The molecule has 1 amide bonds. The average molecular weight is 307 g/mol. The molecule has 120 valence electrons. The summed E-state index contributed by atoms with van der Waals surface area (Å²) in [4.78, 5) is 15.1. The third kappa shape index (κ3) is 3.31. The standard InChI is InChI=1S/C21H25NO/c1-3-19(17-10-5-4-6-11-17)20-13-8-14-22(20)21(23)18-12-7-9-16(2)15-18/h4-7,9-12,15,19-20H,3,8,13-14H2,1-2H3/t19-,20+/m0/s1. The van der Waals surface area contributed by atoms with Crippen molar-refractivity contribution < 1.29 is 4.79 Å². The Morgan fingerprint density at radius 1 is 1.17 bits per heavy atom. The molecule has 2 nitrogen and oxygen atoms in total. The number of carbonyl (C=O) groups excluding carboxylic acids is 1. The van der Waals surface area contributed by atoms with Crippen LogP contribution in [-0.2, 0) is 0 Å². The molecule has 0 saturated carbocycles. The second-order valence-electron chi connectivity index (χ2n) is 6.50. The van der Waals surface area contributed by atoms with E-state index in [0.29, 0.717) is 12.0 Å². The predicted octanol–water partition coefficient (Wildman–Crippen LogP) is 4.79. The van der Waals surface area contributed by atoms with E-state index in [1.807, 2.05) is 31.2 Å². The van der Waals surface area contributed by atoms with Crippen molar-refractivity contribution in [2.24, 2.45) is 0 Å². The van der Waals surface area contributed by atoms with Gasteiger partial charge in [0.05, 0.1) is 0 Å². The minimum Gasteiger partial charge on any atom is -0.335 e. The molecule has 1 fully saturated rings. The summed E-state index contributed by atoms with van der Waals surface area (Å²) >= 11 is 0. The molecule has 1 saturated heterocycles. The number of aryl methyl sites for hydroxylation is 1. The predicted molar refractivity (Wildman–Crippen MR) is 94.7 cm³/mol. The molecular formula is C21H25NO. The zero-order valence-corrected chi connectivity index (χ0v) is 14.0. The molecule has 23 heavy (non-hydrogen) atoms. The van der Waals surface area contributed by atoms with E-state index >= 15 is 0 Å². The van der Waals surface area contributed by atoms with E-state index in [0.717, 1.165) is 36.9 Å². The van der Waals surface area contributed by atoms with Crippen LogP contribution in [0.5, 0.6) is 0 Å². The molecule has 0 aliphatic carbocycles. The molecule has 0 spiro atoms. The van der Waals surface area contributed by atoms with Gasteiger partial charge >= 0.3 is 0 Å². The smallest absolute Gasteiger partial charge is 0.254 e. The summed E-state index contributed by atoms with van der Waals surface area (Å²) in [7, 11) is 0. The number of carbonyl (C=O) groups is 1. The van der Waals surface area contributed by atoms with E-state index < -0.39 is 0 Å². The number of hydrogen-bond donors (Lipinski definition) is 0. The Hall–Kier alpha value is -2.09. The largest absolute Gasteiger partial charge is 0.335 e. The van der Waals surface area contributed by atoms with Crippen LogP contribution in [0.1, 0.15) is 53.6 Å². The SMILES string of the molecule is CC[C@@H](c1ccccc1)[C@H]1CCCN1C(=O)c1cccc(C)c1. The highest BCUT2D eigenvalue weighted by molar-refractivity contribution is 5.94. The van der Waals surface area contributed by atoms with Crippen molar-refractivity contribution in [1.82, 2.24) is 4.90 Å². The van der Waals surface area contributed by atoms with Gasteiger partial charge < -0.3 is 4.90 Å². The maximum Gasteiger partial charge on any atom is 0.254 e. The van der Waals surface area contributed by atoms with Gasteiger partial charge in [0.25, 0.3) is 5.91 Å². The van der Waals surface area contributed by atoms with Crippen molar-refractivity contribution in [2.45, 2.75) is 45.1 Å². The van der Waals surface area contributed by atoms with Gasteiger partial charge in [0.2, 0.25) is 0 Å². The van der Waals surface area contributed by atoms with E-state index in [1.165, 1.54) is 5.56 Å².